The van der Waals surface area contributed by atoms with Crippen molar-refractivity contribution in [1.29, 1.82) is 0 Å². The summed E-state index contributed by atoms with van der Waals surface area (Å²) in [5.41, 5.74) is -0.609. The summed E-state index contributed by atoms with van der Waals surface area (Å²) in [6, 6.07) is 0. The van der Waals surface area contributed by atoms with Crippen LogP contribution in [0.3, 0.4) is 0 Å². The van der Waals surface area contributed by atoms with Crippen LogP contribution in [-0.2, 0) is 9.59 Å². The van der Waals surface area contributed by atoms with Gasteiger partial charge in [-0.05, 0) is 39.2 Å². The second-order valence-electron chi connectivity index (χ2n) is 5.85. The summed E-state index contributed by atoms with van der Waals surface area (Å²) in [6.07, 6.45) is 3.65. The van der Waals surface area contributed by atoms with Gasteiger partial charge in [0.05, 0.1) is 11.5 Å². The summed E-state index contributed by atoms with van der Waals surface area (Å²) >= 11 is 0. The quantitative estimate of drug-likeness (QED) is 0.681. The molecule has 0 radical (unpaired) electrons. The SMILES string of the molecule is CCNC(C)(C)C(=O)NCC1CCCCC1C(=O)O. The van der Waals surface area contributed by atoms with Crippen molar-refractivity contribution in [1.82, 2.24) is 10.6 Å². The van der Waals surface area contributed by atoms with Gasteiger partial charge in [0.25, 0.3) is 0 Å². The van der Waals surface area contributed by atoms with Gasteiger partial charge in [-0.15, -0.1) is 0 Å². The average Bonchev–Trinajstić information content (AvgIpc) is 2.36. The van der Waals surface area contributed by atoms with Crippen LogP contribution in [0.1, 0.15) is 46.5 Å². The van der Waals surface area contributed by atoms with E-state index in [1.807, 2.05) is 20.8 Å². The maximum Gasteiger partial charge on any atom is 0.306 e. The Morgan fingerprint density at radius 2 is 1.89 bits per heavy atom. The van der Waals surface area contributed by atoms with Crippen molar-refractivity contribution in [3.8, 4) is 0 Å². The molecule has 2 atom stereocenters. The second-order valence-corrected chi connectivity index (χ2v) is 5.85. The summed E-state index contributed by atoms with van der Waals surface area (Å²) in [5.74, 6) is -1.04. The molecule has 110 valence electrons. The van der Waals surface area contributed by atoms with Crippen molar-refractivity contribution < 1.29 is 14.7 Å². The largest absolute Gasteiger partial charge is 0.481 e. The molecule has 0 spiro atoms. The molecule has 1 rings (SSSR count). The topological polar surface area (TPSA) is 78.4 Å². The summed E-state index contributed by atoms with van der Waals surface area (Å²) in [4.78, 5) is 23.2. The van der Waals surface area contributed by atoms with E-state index in [9.17, 15) is 14.7 Å². The van der Waals surface area contributed by atoms with Gasteiger partial charge in [0, 0.05) is 6.54 Å². The Kier molecular flexibility index (Phi) is 5.79. The minimum absolute atomic E-state index is 0.0626. The number of hydrogen-bond acceptors (Lipinski definition) is 3. The highest BCUT2D eigenvalue weighted by Crippen LogP contribution is 2.29. The highest BCUT2D eigenvalue weighted by Gasteiger charge is 2.32. The monoisotopic (exact) mass is 270 g/mol. The van der Waals surface area contributed by atoms with Gasteiger partial charge < -0.3 is 15.7 Å². The zero-order valence-electron chi connectivity index (χ0n) is 12.2. The maximum atomic E-state index is 12.1. The van der Waals surface area contributed by atoms with E-state index in [1.54, 1.807) is 0 Å². The van der Waals surface area contributed by atoms with Crippen molar-refractivity contribution in [3.63, 3.8) is 0 Å². The van der Waals surface area contributed by atoms with Crippen LogP contribution in [0.4, 0.5) is 0 Å². The predicted molar refractivity (Wildman–Crippen MR) is 73.8 cm³/mol. The number of hydrogen-bond donors (Lipinski definition) is 3. The number of likely N-dealkylation sites (N-methyl/N-ethyl adjacent to an activating group) is 1. The van der Waals surface area contributed by atoms with Crippen LogP contribution in [-0.4, -0.2) is 35.6 Å². The van der Waals surface area contributed by atoms with Crippen molar-refractivity contribution in [2.24, 2.45) is 11.8 Å². The Morgan fingerprint density at radius 3 is 2.47 bits per heavy atom. The van der Waals surface area contributed by atoms with Crippen molar-refractivity contribution in [2.75, 3.05) is 13.1 Å². The van der Waals surface area contributed by atoms with Gasteiger partial charge in [-0.1, -0.05) is 19.8 Å². The first-order valence-corrected chi connectivity index (χ1v) is 7.14. The van der Waals surface area contributed by atoms with E-state index in [-0.39, 0.29) is 17.7 Å². The van der Waals surface area contributed by atoms with E-state index in [0.29, 0.717) is 6.54 Å². The summed E-state index contributed by atoms with van der Waals surface area (Å²) in [6.45, 7) is 6.81. The molecule has 0 saturated heterocycles. The number of amides is 1. The van der Waals surface area contributed by atoms with E-state index in [0.717, 1.165) is 32.2 Å². The molecule has 1 fully saturated rings. The molecule has 1 saturated carbocycles. The molecule has 19 heavy (non-hydrogen) atoms. The van der Waals surface area contributed by atoms with Crippen LogP contribution in [0, 0.1) is 11.8 Å². The van der Waals surface area contributed by atoms with Crippen molar-refractivity contribution in [3.05, 3.63) is 0 Å². The molecule has 1 amide bonds. The minimum atomic E-state index is -0.732. The lowest BCUT2D eigenvalue weighted by molar-refractivity contribution is -0.145. The molecule has 5 heteroatoms. The average molecular weight is 270 g/mol. The smallest absolute Gasteiger partial charge is 0.306 e. The normalized spacial score (nSPS) is 23.9. The van der Waals surface area contributed by atoms with Gasteiger partial charge in [-0.3, -0.25) is 9.59 Å². The highest BCUT2D eigenvalue weighted by molar-refractivity contribution is 5.85. The van der Waals surface area contributed by atoms with Crippen LogP contribution >= 0.6 is 0 Å². The zero-order chi connectivity index (χ0) is 14.5. The van der Waals surface area contributed by atoms with E-state index < -0.39 is 11.5 Å². The van der Waals surface area contributed by atoms with Gasteiger partial charge in [-0.2, -0.15) is 0 Å². The summed E-state index contributed by atoms with van der Waals surface area (Å²) in [7, 11) is 0. The predicted octanol–water partition coefficient (Wildman–Crippen LogP) is 1.38. The second kappa shape index (κ2) is 6.89. The first kappa shape index (κ1) is 16.0. The molecule has 0 aromatic heterocycles. The molecule has 5 nitrogen and oxygen atoms in total. The van der Waals surface area contributed by atoms with E-state index in [1.165, 1.54) is 0 Å². The molecule has 0 bridgehead atoms. The summed E-state index contributed by atoms with van der Waals surface area (Å²) in [5, 5.41) is 15.2. The Bertz CT molecular complexity index is 329. The van der Waals surface area contributed by atoms with Crippen molar-refractivity contribution >= 4 is 11.9 Å². The lowest BCUT2D eigenvalue weighted by atomic mass is 9.79. The number of rotatable bonds is 6. The van der Waals surface area contributed by atoms with Gasteiger partial charge in [0.2, 0.25) is 5.91 Å². The molecule has 0 aromatic carbocycles. The molecular weight excluding hydrogens is 244 g/mol. The molecule has 0 heterocycles. The zero-order valence-corrected chi connectivity index (χ0v) is 12.2. The Balaban J connectivity index is 2.50. The fourth-order valence-electron chi connectivity index (χ4n) is 2.74. The van der Waals surface area contributed by atoms with Gasteiger partial charge in [-0.25, -0.2) is 0 Å². The Labute approximate surface area is 115 Å². The van der Waals surface area contributed by atoms with Gasteiger partial charge >= 0.3 is 5.97 Å². The molecule has 1 aliphatic carbocycles. The number of carbonyl (C=O) groups is 2. The summed E-state index contributed by atoms with van der Waals surface area (Å²) < 4.78 is 0. The lowest BCUT2D eigenvalue weighted by Crippen LogP contribution is -2.53. The molecule has 0 aromatic rings. The number of nitrogens with one attached hydrogen (secondary N) is 2. The Hall–Kier alpha value is -1.10. The van der Waals surface area contributed by atoms with Gasteiger partial charge in [0.15, 0.2) is 0 Å². The minimum Gasteiger partial charge on any atom is -0.481 e. The maximum absolute atomic E-state index is 12.1. The third-order valence-electron chi connectivity index (χ3n) is 3.94. The van der Waals surface area contributed by atoms with E-state index >= 15 is 0 Å². The molecule has 0 aliphatic heterocycles. The van der Waals surface area contributed by atoms with E-state index in [2.05, 4.69) is 10.6 Å². The highest BCUT2D eigenvalue weighted by atomic mass is 16.4. The lowest BCUT2D eigenvalue weighted by Gasteiger charge is -2.30. The van der Waals surface area contributed by atoms with Crippen LogP contribution in [0.15, 0.2) is 0 Å². The van der Waals surface area contributed by atoms with E-state index in [4.69, 9.17) is 0 Å². The van der Waals surface area contributed by atoms with Crippen LogP contribution < -0.4 is 10.6 Å². The Morgan fingerprint density at radius 1 is 1.26 bits per heavy atom. The fourth-order valence-corrected chi connectivity index (χ4v) is 2.74. The number of carboxylic acid groups (broad SMARTS) is 1. The molecule has 2 unspecified atom stereocenters. The fraction of sp³-hybridized carbons (Fsp3) is 0.857. The van der Waals surface area contributed by atoms with Crippen LogP contribution in [0.5, 0.6) is 0 Å². The first-order valence-electron chi connectivity index (χ1n) is 7.14. The third kappa shape index (κ3) is 4.49. The standard InChI is InChI=1S/C14H26N2O3/c1-4-16-14(2,3)13(19)15-9-10-7-5-6-8-11(10)12(17)18/h10-11,16H,4-9H2,1-3H3,(H,15,19)(H,17,18). The molecule has 1 aliphatic rings. The number of carbonyl (C=O) groups excluding carboxylic acids is 1. The van der Waals surface area contributed by atoms with Crippen molar-refractivity contribution in [2.45, 2.75) is 52.0 Å². The van der Waals surface area contributed by atoms with Gasteiger partial charge in [0.1, 0.15) is 0 Å². The number of carboxylic acids is 1. The first-order chi connectivity index (χ1) is 8.88. The third-order valence-corrected chi connectivity index (χ3v) is 3.94. The van der Waals surface area contributed by atoms with Crippen LogP contribution in [0.25, 0.3) is 0 Å². The molecular formula is C14H26N2O3. The van der Waals surface area contributed by atoms with Crippen LogP contribution in [0.2, 0.25) is 0 Å². The number of aliphatic carboxylic acids is 1. The molecule has 3 N–H and O–H groups in total.